The average Bonchev–Trinajstić information content (AvgIpc) is 2.23. The minimum Gasteiger partial charge on any atom is -0.314 e. The molecular formula is C10H15N3O. The highest BCUT2D eigenvalue weighted by molar-refractivity contribution is 5.02. The zero-order chi connectivity index (χ0) is 9.80. The van der Waals surface area contributed by atoms with Crippen molar-refractivity contribution in [2.24, 2.45) is 0 Å². The first-order valence-electron chi connectivity index (χ1n) is 5.12. The van der Waals surface area contributed by atoms with E-state index in [-0.39, 0.29) is 5.56 Å². The molecule has 14 heavy (non-hydrogen) atoms. The number of nitrogens with one attached hydrogen (secondary N) is 2. The van der Waals surface area contributed by atoms with Gasteiger partial charge in [0.1, 0.15) is 0 Å². The highest BCUT2D eigenvalue weighted by Gasteiger charge is 2.13. The van der Waals surface area contributed by atoms with Gasteiger partial charge in [-0.2, -0.15) is 5.10 Å². The fraction of sp³-hybridized carbons (Fsp3) is 0.600. The summed E-state index contributed by atoms with van der Waals surface area (Å²) < 4.78 is 0. The molecule has 0 aromatic carbocycles. The summed E-state index contributed by atoms with van der Waals surface area (Å²) in [5, 5.41) is 9.90. The molecule has 1 aromatic heterocycles. The van der Waals surface area contributed by atoms with Crippen LogP contribution in [0.3, 0.4) is 0 Å². The van der Waals surface area contributed by atoms with Crippen LogP contribution < -0.4 is 10.9 Å². The molecule has 1 unspecified atom stereocenters. The maximum absolute atomic E-state index is 10.8. The van der Waals surface area contributed by atoms with Gasteiger partial charge in [0, 0.05) is 18.5 Å². The maximum Gasteiger partial charge on any atom is 0.264 e. The van der Waals surface area contributed by atoms with Crippen LogP contribution in [-0.2, 0) is 6.42 Å². The molecule has 0 aliphatic carbocycles. The molecule has 1 aromatic rings. The quantitative estimate of drug-likeness (QED) is 0.717. The molecule has 0 spiro atoms. The number of aromatic nitrogens is 2. The van der Waals surface area contributed by atoms with Gasteiger partial charge in [0.2, 0.25) is 0 Å². The number of hydrogen-bond donors (Lipinski definition) is 2. The van der Waals surface area contributed by atoms with Crippen LogP contribution in [0.5, 0.6) is 0 Å². The second kappa shape index (κ2) is 4.37. The largest absolute Gasteiger partial charge is 0.314 e. The van der Waals surface area contributed by atoms with Gasteiger partial charge >= 0.3 is 0 Å². The molecule has 1 atom stereocenters. The summed E-state index contributed by atoms with van der Waals surface area (Å²) in [6.07, 6.45) is 4.69. The molecule has 1 aliphatic heterocycles. The Hall–Kier alpha value is -1.16. The summed E-state index contributed by atoms with van der Waals surface area (Å²) >= 11 is 0. The van der Waals surface area contributed by atoms with E-state index in [2.05, 4.69) is 15.5 Å². The molecule has 0 bridgehead atoms. The number of H-pyrrole nitrogens is 1. The van der Waals surface area contributed by atoms with E-state index < -0.39 is 0 Å². The van der Waals surface area contributed by atoms with Crippen LogP contribution in [0.4, 0.5) is 0 Å². The molecular weight excluding hydrogens is 178 g/mol. The Labute approximate surface area is 82.7 Å². The van der Waals surface area contributed by atoms with Crippen molar-refractivity contribution in [2.75, 3.05) is 6.54 Å². The van der Waals surface area contributed by atoms with Crippen molar-refractivity contribution in [2.45, 2.75) is 31.7 Å². The number of nitrogens with zero attached hydrogens (tertiary/aromatic N) is 1. The third-order valence-corrected chi connectivity index (χ3v) is 2.60. The number of hydrogen-bond acceptors (Lipinski definition) is 3. The first-order valence-corrected chi connectivity index (χ1v) is 5.12. The molecule has 2 N–H and O–H groups in total. The van der Waals surface area contributed by atoms with Gasteiger partial charge in [0.25, 0.3) is 5.56 Å². The monoisotopic (exact) mass is 193 g/mol. The van der Waals surface area contributed by atoms with Crippen LogP contribution in [0.1, 0.15) is 25.0 Å². The Kier molecular flexibility index (Phi) is 2.93. The van der Waals surface area contributed by atoms with Crippen molar-refractivity contribution < 1.29 is 0 Å². The lowest BCUT2D eigenvalue weighted by atomic mass is 10.0. The summed E-state index contributed by atoms with van der Waals surface area (Å²) in [6.45, 7) is 1.11. The summed E-state index contributed by atoms with van der Waals surface area (Å²) in [4.78, 5) is 10.8. The zero-order valence-corrected chi connectivity index (χ0v) is 8.12. The summed E-state index contributed by atoms with van der Waals surface area (Å²) in [6, 6.07) is 3.86. The molecule has 4 nitrogen and oxygen atoms in total. The predicted octanol–water partition coefficient (Wildman–Crippen LogP) is 0.454. The highest BCUT2D eigenvalue weighted by atomic mass is 16.1. The van der Waals surface area contributed by atoms with Crippen molar-refractivity contribution >= 4 is 0 Å². The predicted molar refractivity (Wildman–Crippen MR) is 54.2 cm³/mol. The van der Waals surface area contributed by atoms with Crippen molar-refractivity contribution in [1.82, 2.24) is 15.5 Å². The molecule has 76 valence electrons. The van der Waals surface area contributed by atoms with Crippen LogP contribution >= 0.6 is 0 Å². The standard InChI is InChI=1S/C10H15N3O/c14-10-5-4-9(12-13-10)7-8-3-1-2-6-11-8/h4-5,8,11H,1-3,6-7H2,(H,13,14). The maximum atomic E-state index is 10.8. The van der Waals surface area contributed by atoms with E-state index in [1.54, 1.807) is 6.07 Å². The lowest BCUT2D eigenvalue weighted by Crippen LogP contribution is -2.36. The lowest BCUT2D eigenvalue weighted by Gasteiger charge is -2.22. The van der Waals surface area contributed by atoms with Crippen LogP contribution in [-0.4, -0.2) is 22.8 Å². The molecule has 0 saturated carbocycles. The fourth-order valence-electron chi connectivity index (χ4n) is 1.84. The zero-order valence-electron chi connectivity index (χ0n) is 8.12. The SMILES string of the molecule is O=c1ccc(CC2CCCCN2)n[nH]1. The first kappa shape index (κ1) is 9.40. The lowest BCUT2D eigenvalue weighted by molar-refractivity contribution is 0.396. The van der Waals surface area contributed by atoms with Gasteiger partial charge in [-0.3, -0.25) is 4.79 Å². The Morgan fingerprint density at radius 3 is 3.00 bits per heavy atom. The normalized spacial score (nSPS) is 22.1. The van der Waals surface area contributed by atoms with Crippen molar-refractivity contribution in [1.29, 1.82) is 0 Å². The minimum atomic E-state index is -0.134. The Bertz CT molecular complexity index is 321. The molecule has 2 heterocycles. The van der Waals surface area contributed by atoms with E-state index in [4.69, 9.17) is 0 Å². The van der Waals surface area contributed by atoms with Crippen LogP contribution in [0.15, 0.2) is 16.9 Å². The Balaban J connectivity index is 1.96. The third-order valence-electron chi connectivity index (χ3n) is 2.60. The van der Waals surface area contributed by atoms with Crippen molar-refractivity contribution in [3.63, 3.8) is 0 Å². The molecule has 0 radical (unpaired) electrons. The second-order valence-electron chi connectivity index (χ2n) is 3.76. The fourth-order valence-corrected chi connectivity index (χ4v) is 1.84. The van der Waals surface area contributed by atoms with Gasteiger partial charge in [-0.15, -0.1) is 0 Å². The minimum absolute atomic E-state index is 0.134. The third kappa shape index (κ3) is 2.42. The Morgan fingerprint density at radius 1 is 1.43 bits per heavy atom. The molecule has 1 aliphatic rings. The number of rotatable bonds is 2. The van der Waals surface area contributed by atoms with Crippen LogP contribution in [0.25, 0.3) is 0 Å². The van der Waals surface area contributed by atoms with Gasteiger partial charge in [0.15, 0.2) is 0 Å². The van der Waals surface area contributed by atoms with E-state index in [1.165, 1.54) is 25.3 Å². The number of aromatic amines is 1. The molecule has 1 saturated heterocycles. The molecule has 0 amide bonds. The number of piperidine rings is 1. The first-order chi connectivity index (χ1) is 6.84. The van der Waals surface area contributed by atoms with Crippen molar-refractivity contribution in [3.8, 4) is 0 Å². The van der Waals surface area contributed by atoms with E-state index in [9.17, 15) is 4.79 Å². The van der Waals surface area contributed by atoms with Gasteiger partial charge in [-0.25, -0.2) is 5.10 Å². The second-order valence-corrected chi connectivity index (χ2v) is 3.76. The van der Waals surface area contributed by atoms with Gasteiger partial charge < -0.3 is 5.32 Å². The summed E-state index contributed by atoms with van der Waals surface area (Å²) in [5.74, 6) is 0. The smallest absolute Gasteiger partial charge is 0.264 e. The molecule has 1 fully saturated rings. The van der Waals surface area contributed by atoms with Gasteiger partial charge in [0.05, 0.1) is 5.69 Å². The Morgan fingerprint density at radius 2 is 2.36 bits per heavy atom. The summed E-state index contributed by atoms with van der Waals surface area (Å²) in [5.41, 5.74) is 0.828. The van der Waals surface area contributed by atoms with Crippen molar-refractivity contribution in [3.05, 3.63) is 28.2 Å². The molecule has 4 heteroatoms. The summed E-state index contributed by atoms with van der Waals surface area (Å²) in [7, 11) is 0. The van der Waals surface area contributed by atoms with E-state index in [0.29, 0.717) is 6.04 Å². The van der Waals surface area contributed by atoms with E-state index in [1.807, 2.05) is 0 Å². The van der Waals surface area contributed by atoms with E-state index >= 15 is 0 Å². The topological polar surface area (TPSA) is 57.8 Å². The van der Waals surface area contributed by atoms with E-state index in [0.717, 1.165) is 18.7 Å². The average molecular weight is 193 g/mol. The van der Waals surface area contributed by atoms with Crippen LogP contribution in [0, 0.1) is 0 Å². The highest BCUT2D eigenvalue weighted by Crippen LogP contribution is 2.10. The van der Waals surface area contributed by atoms with Gasteiger partial charge in [-0.05, 0) is 25.5 Å². The molecule has 2 rings (SSSR count). The van der Waals surface area contributed by atoms with Crippen LogP contribution in [0.2, 0.25) is 0 Å². The van der Waals surface area contributed by atoms with Gasteiger partial charge in [-0.1, -0.05) is 6.42 Å².